The first-order valence-corrected chi connectivity index (χ1v) is 12.8. The van der Waals surface area contributed by atoms with E-state index in [2.05, 4.69) is 23.1 Å². The fourth-order valence-corrected chi connectivity index (χ4v) is 5.36. The van der Waals surface area contributed by atoms with Crippen LogP contribution in [0, 0.1) is 0 Å². The molecule has 0 aliphatic carbocycles. The third-order valence-electron chi connectivity index (χ3n) is 6.00. The minimum atomic E-state index is 0.00429. The SMILES string of the molecule is O=c1c2cc(N3CCOCC3)ccc2nc(SCc2cccc(Cl)c2)n1CCc1ccccc1. The van der Waals surface area contributed by atoms with E-state index in [0.717, 1.165) is 41.4 Å². The monoisotopic (exact) mass is 491 g/mol. The van der Waals surface area contributed by atoms with Crippen LogP contribution in [-0.2, 0) is 23.5 Å². The van der Waals surface area contributed by atoms with Gasteiger partial charge in [-0.2, -0.15) is 0 Å². The molecule has 0 atom stereocenters. The molecule has 0 unspecified atom stereocenters. The number of nitrogens with zero attached hydrogens (tertiary/aromatic N) is 3. The Morgan fingerprint density at radius 2 is 1.74 bits per heavy atom. The molecule has 5 rings (SSSR count). The number of aromatic nitrogens is 2. The van der Waals surface area contributed by atoms with Gasteiger partial charge in [-0.25, -0.2) is 4.98 Å². The molecule has 0 radical (unpaired) electrons. The molecule has 5 nitrogen and oxygen atoms in total. The molecule has 0 spiro atoms. The average molecular weight is 492 g/mol. The lowest BCUT2D eigenvalue weighted by Gasteiger charge is -2.29. The summed E-state index contributed by atoms with van der Waals surface area (Å²) in [5.41, 5.74) is 4.08. The molecule has 0 bridgehead atoms. The smallest absolute Gasteiger partial charge is 0.262 e. The second-order valence-corrected chi connectivity index (χ2v) is 9.69. The number of hydrogen-bond acceptors (Lipinski definition) is 5. The molecule has 0 N–H and O–H groups in total. The Hall–Kier alpha value is -2.80. The van der Waals surface area contributed by atoms with E-state index in [0.29, 0.717) is 35.9 Å². The van der Waals surface area contributed by atoms with Crippen LogP contribution in [0.1, 0.15) is 11.1 Å². The number of aryl methyl sites for hydroxylation is 1. The van der Waals surface area contributed by atoms with Crippen molar-refractivity contribution in [2.24, 2.45) is 0 Å². The largest absolute Gasteiger partial charge is 0.378 e. The van der Waals surface area contributed by atoms with Crippen LogP contribution in [0.5, 0.6) is 0 Å². The first-order chi connectivity index (χ1) is 16.7. The molecule has 1 aromatic heterocycles. The maximum atomic E-state index is 13.7. The molecule has 174 valence electrons. The number of anilines is 1. The quantitative estimate of drug-likeness (QED) is 0.255. The van der Waals surface area contributed by atoms with Crippen LogP contribution in [0.2, 0.25) is 5.02 Å². The van der Waals surface area contributed by atoms with Crippen molar-refractivity contribution in [2.45, 2.75) is 23.9 Å². The molecule has 1 aliphatic heterocycles. The topological polar surface area (TPSA) is 47.4 Å². The summed E-state index contributed by atoms with van der Waals surface area (Å²) in [7, 11) is 0. The third kappa shape index (κ3) is 5.30. The van der Waals surface area contributed by atoms with Crippen LogP contribution in [0.3, 0.4) is 0 Å². The molecule has 2 heterocycles. The van der Waals surface area contributed by atoms with E-state index in [1.54, 1.807) is 11.8 Å². The van der Waals surface area contributed by atoms with Crippen molar-refractivity contribution in [3.63, 3.8) is 0 Å². The maximum Gasteiger partial charge on any atom is 0.262 e. The van der Waals surface area contributed by atoms with Gasteiger partial charge in [-0.15, -0.1) is 0 Å². The Balaban J connectivity index is 1.50. The minimum absolute atomic E-state index is 0.00429. The van der Waals surface area contributed by atoms with Crippen LogP contribution in [0.25, 0.3) is 10.9 Å². The number of benzene rings is 3. The number of ether oxygens (including phenoxy) is 1. The van der Waals surface area contributed by atoms with Crippen molar-refractivity contribution < 1.29 is 4.74 Å². The Morgan fingerprint density at radius 3 is 2.53 bits per heavy atom. The molecule has 7 heteroatoms. The molecule has 3 aromatic carbocycles. The van der Waals surface area contributed by atoms with E-state index in [1.807, 2.05) is 59.2 Å². The zero-order valence-corrected chi connectivity index (χ0v) is 20.4. The van der Waals surface area contributed by atoms with Crippen LogP contribution in [0.15, 0.2) is 82.7 Å². The number of hydrogen-bond donors (Lipinski definition) is 0. The van der Waals surface area contributed by atoms with Crippen molar-refractivity contribution in [3.8, 4) is 0 Å². The number of morpholine rings is 1. The summed E-state index contributed by atoms with van der Waals surface area (Å²) in [5, 5.41) is 2.10. The van der Waals surface area contributed by atoms with Crippen LogP contribution < -0.4 is 10.5 Å². The summed E-state index contributed by atoms with van der Waals surface area (Å²) in [5.74, 6) is 0.690. The molecule has 1 saturated heterocycles. The van der Waals surface area contributed by atoms with Crippen LogP contribution in [-0.4, -0.2) is 35.9 Å². The van der Waals surface area contributed by atoms with Crippen LogP contribution in [0.4, 0.5) is 5.69 Å². The van der Waals surface area contributed by atoms with Crippen LogP contribution >= 0.6 is 23.4 Å². The van der Waals surface area contributed by atoms with E-state index >= 15 is 0 Å². The zero-order chi connectivity index (χ0) is 23.3. The van der Waals surface area contributed by atoms with E-state index in [9.17, 15) is 4.79 Å². The second kappa shape index (κ2) is 10.6. The van der Waals surface area contributed by atoms with E-state index in [4.69, 9.17) is 21.3 Å². The summed E-state index contributed by atoms with van der Waals surface area (Å²) in [6, 6.07) is 24.1. The normalized spacial score (nSPS) is 14.0. The van der Waals surface area contributed by atoms with Crippen molar-refractivity contribution in [1.82, 2.24) is 9.55 Å². The van der Waals surface area contributed by atoms with Gasteiger partial charge in [0.15, 0.2) is 5.16 Å². The molecule has 4 aromatic rings. The summed E-state index contributed by atoms with van der Waals surface area (Å²) in [4.78, 5) is 20.9. The lowest BCUT2D eigenvalue weighted by molar-refractivity contribution is 0.122. The molecule has 34 heavy (non-hydrogen) atoms. The predicted molar refractivity (Wildman–Crippen MR) is 140 cm³/mol. The van der Waals surface area contributed by atoms with Crippen molar-refractivity contribution in [2.75, 3.05) is 31.2 Å². The summed E-state index contributed by atoms with van der Waals surface area (Å²) in [6.07, 6.45) is 0.766. The van der Waals surface area contributed by atoms with Crippen molar-refractivity contribution in [3.05, 3.63) is 99.3 Å². The van der Waals surface area contributed by atoms with Gasteiger partial charge in [-0.3, -0.25) is 9.36 Å². The Kier molecular flexibility index (Phi) is 7.19. The standard InChI is InChI=1S/C27H26ClN3O2S/c28-22-8-4-7-21(17-22)19-34-27-29-25-10-9-23(30-13-15-33-16-14-30)18-24(25)26(32)31(27)12-11-20-5-2-1-3-6-20/h1-10,17-18H,11-16,19H2. The average Bonchev–Trinajstić information content (AvgIpc) is 2.88. The summed E-state index contributed by atoms with van der Waals surface area (Å²) >= 11 is 7.74. The second-order valence-electron chi connectivity index (χ2n) is 8.31. The first kappa shape index (κ1) is 23.0. The lowest BCUT2D eigenvalue weighted by Crippen LogP contribution is -2.36. The molecule has 0 saturated carbocycles. The molecule has 1 fully saturated rings. The minimum Gasteiger partial charge on any atom is -0.378 e. The molecule has 0 amide bonds. The maximum absolute atomic E-state index is 13.7. The van der Waals surface area contributed by atoms with Gasteiger partial charge in [0.1, 0.15) is 0 Å². The summed E-state index contributed by atoms with van der Waals surface area (Å²) < 4.78 is 7.31. The Bertz CT molecular complexity index is 1340. The van der Waals surface area contributed by atoms with Crippen molar-refractivity contribution in [1.29, 1.82) is 0 Å². The third-order valence-corrected chi connectivity index (χ3v) is 7.29. The summed E-state index contributed by atoms with van der Waals surface area (Å²) in [6.45, 7) is 3.64. The van der Waals surface area contributed by atoms with E-state index < -0.39 is 0 Å². The molecule has 1 aliphatic rings. The number of fused-ring (bicyclic) bond motifs is 1. The highest BCUT2D eigenvalue weighted by atomic mass is 35.5. The highest BCUT2D eigenvalue weighted by Gasteiger charge is 2.16. The van der Waals surface area contributed by atoms with Gasteiger partial charge in [0.25, 0.3) is 5.56 Å². The highest BCUT2D eigenvalue weighted by molar-refractivity contribution is 7.98. The zero-order valence-electron chi connectivity index (χ0n) is 18.8. The van der Waals surface area contributed by atoms with E-state index in [-0.39, 0.29) is 5.56 Å². The van der Waals surface area contributed by atoms with Gasteiger partial charge in [0.05, 0.1) is 24.1 Å². The molecular formula is C27H26ClN3O2S. The van der Waals surface area contributed by atoms with Gasteiger partial charge in [-0.1, -0.05) is 65.8 Å². The predicted octanol–water partition coefficient (Wildman–Crippen LogP) is 5.42. The molecular weight excluding hydrogens is 466 g/mol. The van der Waals surface area contributed by atoms with E-state index in [1.165, 1.54) is 5.56 Å². The Labute approximate surface area is 208 Å². The first-order valence-electron chi connectivity index (χ1n) is 11.5. The van der Waals surface area contributed by atoms with Gasteiger partial charge >= 0.3 is 0 Å². The van der Waals surface area contributed by atoms with Gasteiger partial charge in [0, 0.05) is 36.1 Å². The highest BCUT2D eigenvalue weighted by Crippen LogP contribution is 2.26. The van der Waals surface area contributed by atoms with Crippen molar-refractivity contribution >= 4 is 40.0 Å². The van der Waals surface area contributed by atoms with Gasteiger partial charge in [-0.05, 0) is 47.9 Å². The fourth-order valence-electron chi connectivity index (χ4n) is 4.17. The number of thioether (sulfide) groups is 1. The fraction of sp³-hybridized carbons (Fsp3) is 0.259. The number of halogens is 1. The van der Waals surface area contributed by atoms with Gasteiger partial charge in [0.2, 0.25) is 0 Å². The Morgan fingerprint density at radius 1 is 0.941 bits per heavy atom. The number of rotatable bonds is 7. The van der Waals surface area contributed by atoms with Gasteiger partial charge < -0.3 is 9.64 Å². The lowest BCUT2D eigenvalue weighted by atomic mass is 10.1.